The number of fused-ring (bicyclic) bond motifs is 1. The van der Waals surface area contributed by atoms with E-state index >= 15 is 0 Å². The van der Waals surface area contributed by atoms with Gasteiger partial charge in [0.2, 0.25) is 0 Å². The van der Waals surface area contributed by atoms with Crippen LogP contribution in [0, 0.1) is 0 Å². The molecule has 0 atom stereocenters. The molecule has 2 heterocycles. The Morgan fingerprint density at radius 3 is 2.95 bits per heavy atom. The van der Waals surface area contributed by atoms with Crippen LogP contribution in [0.5, 0.6) is 0 Å². The van der Waals surface area contributed by atoms with E-state index in [1.165, 1.54) is 6.07 Å². The molecule has 19 heavy (non-hydrogen) atoms. The lowest BCUT2D eigenvalue weighted by Crippen LogP contribution is -2.03. The highest BCUT2D eigenvalue weighted by Gasteiger charge is 2.09. The lowest BCUT2D eigenvalue weighted by Gasteiger charge is -2.02. The first kappa shape index (κ1) is 11.3. The third kappa shape index (κ3) is 2.15. The van der Waals surface area contributed by atoms with Crippen LogP contribution in [0.1, 0.15) is 15.9 Å². The van der Waals surface area contributed by atoms with Gasteiger partial charge in [-0.3, -0.25) is 4.98 Å². The summed E-state index contributed by atoms with van der Waals surface area (Å²) in [5, 5.41) is 17.1. The molecular weight excluding hydrogens is 244 g/mol. The highest BCUT2D eigenvalue weighted by Crippen LogP contribution is 2.14. The number of aromatic carboxylic acids is 1. The lowest BCUT2D eigenvalue weighted by atomic mass is 10.2. The lowest BCUT2D eigenvalue weighted by molar-refractivity contribution is 0.0697. The fourth-order valence-corrected chi connectivity index (χ4v) is 1.88. The van der Waals surface area contributed by atoms with Gasteiger partial charge in [0.15, 0.2) is 0 Å². The molecule has 3 aromatic rings. The zero-order valence-corrected chi connectivity index (χ0v) is 9.89. The van der Waals surface area contributed by atoms with Crippen molar-refractivity contribution in [2.75, 3.05) is 0 Å². The van der Waals surface area contributed by atoms with Crippen LogP contribution in [0.2, 0.25) is 0 Å². The monoisotopic (exact) mass is 254 g/mol. The van der Waals surface area contributed by atoms with Crippen molar-refractivity contribution in [1.29, 1.82) is 0 Å². The van der Waals surface area contributed by atoms with E-state index in [0.29, 0.717) is 17.6 Å². The summed E-state index contributed by atoms with van der Waals surface area (Å²) in [4.78, 5) is 15.0. The van der Waals surface area contributed by atoms with E-state index in [4.69, 9.17) is 5.11 Å². The normalized spacial score (nSPS) is 10.7. The summed E-state index contributed by atoms with van der Waals surface area (Å²) in [6.45, 7) is 0.507. The Morgan fingerprint density at radius 2 is 2.21 bits per heavy atom. The molecule has 0 saturated heterocycles. The quantitative estimate of drug-likeness (QED) is 0.767. The molecule has 94 valence electrons. The molecule has 1 N–H and O–H groups in total. The Labute approximate surface area is 108 Å². The summed E-state index contributed by atoms with van der Waals surface area (Å²) in [5.41, 5.74) is 2.58. The minimum Gasteiger partial charge on any atom is -0.478 e. The van der Waals surface area contributed by atoms with Crippen molar-refractivity contribution in [2.45, 2.75) is 6.54 Å². The molecule has 3 rings (SSSR count). The number of hydrogen-bond acceptors (Lipinski definition) is 4. The fourth-order valence-electron chi connectivity index (χ4n) is 1.88. The minimum absolute atomic E-state index is 0.224. The highest BCUT2D eigenvalue weighted by atomic mass is 16.4. The van der Waals surface area contributed by atoms with E-state index < -0.39 is 5.97 Å². The van der Waals surface area contributed by atoms with Crippen molar-refractivity contribution in [1.82, 2.24) is 20.0 Å². The molecule has 6 nitrogen and oxygen atoms in total. The number of carboxylic acid groups (broad SMARTS) is 1. The van der Waals surface area contributed by atoms with Gasteiger partial charge in [-0.05, 0) is 29.8 Å². The zero-order valence-electron chi connectivity index (χ0n) is 9.89. The molecule has 0 aliphatic rings. The second kappa shape index (κ2) is 4.49. The number of carbonyl (C=O) groups is 1. The van der Waals surface area contributed by atoms with Gasteiger partial charge in [0, 0.05) is 12.4 Å². The molecule has 0 fully saturated rings. The molecule has 0 saturated carbocycles. The van der Waals surface area contributed by atoms with E-state index in [1.54, 1.807) is 29.2 Å². The van der Waals surface area contributed by atoms with Crippen LogP contribution >= 0.6 is 0 Å². The maximum absolute atomic E-state index is 11.0. The van der Waals surface area contributed by atoms with Crippen molar-refractivity contribution < 1.29 is 9.90 Å². The van der Waals surface area contributed by atoms with E-state index in [9.17, 15) is 4.79 Å². The predicted octanol–water partition coefficient (Wildman–Crippen LogP) is 1.57. The van der Waals surface area contributed by atoms with Gasteiger partial charge in [-0.15, -0.1) is 5.10 Å². The van der Waals surface area contributed by atoms with Crippen molar-refractivity contribution in [3.8, 4) is 0 Å². The first-order valence-electron chi connectivity index (χ1n) is 5.69. The summed E-state index contributed by atoms with van der Waals surface area (Å²) in [6, 6.07) is 8.53. The number of carboxylic acids is 1. The van der Waals surface area contributed by atoms with Crippen LogP contribution in [0.25, 0.3) is 11.0 Å². The largest absolute Gasteiger partial charge is 0.478 e. The van der Waals surface area contributed by atoms with Gasteiger partial charge in [0.25, 0.3) is 0 Å². The fraction of sp³-hybridized carbons (Fsp3) is 0.0769. The molecule has 1 aromatic carbocycles. The van der Waals surface area contributed by atoms with E-state index in [2.05, 4.69) is 15.3 Å². The Balaban J connectivity index is 2.04. The first-order valence-corrected chi connectivity index (χ1v) is 5.69. The summed E-state index contributed by atoms with van der Waals surface area (Å²) >= 11 is 0. The smallest absolute Gasteiger partial charge is 0.335 e. The molecule has 2 aromatic heterocycles. The van der Waals surface area contributed by atoms with Crippen LogP contribution in [0.3, 0.4) is 0 Å². The molecule has 0 amide bonds. The molecule has 0 bridgehead atoms. The highest BCUT2D eigenvalue weighted by molar-refractivity contribution is 5.92. The Kier molecular flexibility index (Phi) is 2.68. The van der Waals surface area contributed by atoms with Crippen LogP contribution in [0.15, 0.2) is 42.7 Å². The van der Waals surface area contributed by atoms with Gasteiger partial charge in [-0.2, -0.15) is 0 Å². The maximum Gasteiger partial charge on any atom is 0.335 e. The standard InChI is InChI=1S/C13H10N4O2/c18-13(19)10-3-4-11-12(6-10)17(16-15-11)8-9-2-1-5-14-7-9/h1-7H,8H2,(H,18,19). The minimum atomic E-state index is -0.962. The average Bonchev–Trinajstić information content (AvgIpc) is 2.82. The van der Waals surface area contributed by atoms with Crippen molar-refractivity contribution >= 4 is 17.0 Å². The summed E-state index contributed by atoms with van der Waals surface area (Å²) in [6.07, 6.45) is 3.44. The maximum atomic E-state index is 11.0. The van der Waals surface area contributed by atoms with E-state index in [0.717, 1.165) is 5.56 Å². The number of hydrogen-bond donors (Lipinski definition) is 1. The number of aromatic nitrogens is 4. The zero-order chi connectivity index (χ0) is 13.2. The number of pyridine rings is 1. The molecular formula is C13H10N4O2. The Hall–Kier alpha value is -2.76. The van der Waals surface area contributed by atoms with Gasteiger partial charge in [-0.25, -0.2) is 9.48 Å². The second-order valence-electron chi connectivity index (χ2n) is 4.12. The van der Waals surface area contributed by atoms with E-state index in [1.807, 2.05) is 12.1 Å². The molecule has 0 aliphatic carbocycles. The van der Waals surface area contributed by atoms with Gasteiger partial charge in [-0.1, -0.05) is 11.3 Å². The van der Waals surface area contributed by atoms with Crippen molar-refractivity contribution in [3.05, 3.63) is 53.9 Å². The molecule has 0 unspecified atom stereocenters. The van der Waals surface area contributed by atoms with Crippen LogP contribution in [-0.4, -0.2) is 31.1 Å². The number of benzene rings is 1. The van der Waals surface area contributed by atoms with Crippen LogP contribution in [-0.2, 0) is 6.54 Å². The Morgan fingerprint density at radius 1 is 1.32 bits per heavy atom. The topological polar surface area (TPSA) is 80.9 Å². The number of rotatable bonds is 3. The number of nitrogens with zero attached hydrogens (tertiary/aromatic N) is 4. The van der Waals surface area contributed by atoms with Gasteiger partial charge >= 0.3 is 5.97 Å². The third-order valence-corrected chi connectivity index (χ3v) is 2.82. The summed E-state index contributed by atoms with van der Waals surface area (Å²) in [5.74, 6) is -0.962. The molecule has 0 spiro atoms. The second-order valence-corrected chi connectivity index (χ2v) is 4.12. The van der Waals surface area contributed by atoms with Crippen molar-refractivity contribution in [3.63, 3.8) is 0 Å². The first-order chi connectivity index (χ1) is 9.24. The average molecular weight is 254 g/mol. The SMILES string of the molecule is O=C(O)c1ccc2nnn(Cc3cccnc3)c2c1. The summed E-state index contributed by atoms with van der Waals surface area (Å²) < 4.78 is 1.67. The molecule has 6 heteroatoms. The van der Waals surface area contributed by atoms with Gasteiger partial charge in [0.05, 0.1) is 17.6 Å². The van der Waals surface area contributed by atoms with Gasteiger partial charge < -0.3 is 5.11 Å². The molecule has 0 radical (unpaired) electrons. The van der Waals surface area contributed by atoms with Gasteiger partial charge in [0.1, 0.15) is 5.52 Å². The van der Waals surface area contributed by atoms with Crippen molar-refractivity contribution in [2.24, 2.45) is 0 Å². The predicted molar refractivity (Wildman–Crippen MR) is 67.8 cm³/mol. The van der Waals surface area contributed by atoms with E-state index in [-0.39, 0.29) is 5.56 Å². The Bertz CT molecular complexity index is 737. The third-order valence-electron chi connectivity index (χ3n) is 2.82. The van der Waals surface area contributed by atoms with Crippen LogP contribution in [0.4, 0.5) is 0 Å². The van der Waals surface area contributed by atoms with Crippen LogP contribution < -0.4 is 0 Å². The summed E-state index contributed by atoms with van der Waals surface area (Å²) in [7, 11) is 0. The molecule has 0 aliphatic heterocycles.